The summed E-state index contributed by atoms with van der Waals surface area (Å²) in [5, 5.41) is 14.0. The summed E-state index contributed by atoms with van der Waals surface area (Å²) in [5.41, 5.74) is 3.77. The van der Waals surface area contributed by atoms with Crippen LogP contribution in [0.1, 0.15) is 55.8 Å². The SMILES string of the molecule is Cc1ccc(O)c2c1C(C)CC2NCC(C(C)C)N(C)C. The van der Waals surface area contributed by atoms with Crippen molar-refractivity contribution in [1.29, 1.82) is 0 Å². The number of aryl methyl sites for hydroxylation is 1. The highest BCUT2D eigenvalue weighted by molar-refractivity contribution is 5.50. The minimum atomic E-state index is 0.274. The van der Waals surface area contributed by atoms with Gasteiger partial charge in [0.1, 0.15) is 5.75 Å². The lowest BCUT2D eigenvalue weighted by molar-refractivity contribution is 0.217. The molecule has 3 atom stereocenters. The minimum absolute atomic E-state index is 0.274. The van der Waals surface area contributed by atoms with Gasteiger partial charge in [-0.1, -0.05) is 26.8 Å². The second-order valence-electron chi connectivity index (χ2n) is 7.10. The van der Waals surface area contributed by atoms with Crippen LogP contribution >= 0.6 is 0 Å². The van der Waals surface area contributed by atoms with Crippen LogP contribution in [0.4, 0.5) is 0 Å². The van der Waals surface area contributed by atoms with Crippen LogP contribution in [0.3, 0.4) is 0 Å². The summed E-state index contributed by atoms with van der Waals surface area (Å²) in [6.45, 7) is 9.89. The maximum absolute atomic E-state index is 10.3. The normalized spacial score (nSPS) is 22.9. The van der Waals surface area contributed by atoms with Crippen molar-refractivity contribution < 1.29 is 5.11 Å². The molecule has 2 rings (SSSR count). The van der Waals surface area contributed by atoms with Crippen molar-refractivity contribution in [2.45, 2.75) is 52.1 Å². The van der Waals surface area contributed by atoms with Crippen molar-refractivity contribution in [2.75, 3.05) is 20.6 Å². The van der Waals surface area contributed by atoms with E-state index in [-0.39, 0.29) is 6.04 Å². The van der Waals surface area contributed by atoms with Crippen molar-refractivity contribution in [3.63, 3.8) is 0 Å². The first-order valence-electron chi connectivity index (χ1n) is 8.05. The highest BCUT2D eigenvalue weighted by atomic mass is 16.3. The number of nitrogens with one attached hydrogen (secondary N) is 1. The number of benzene rings is 1. The third kappa shape index (κ3) is 3.24. The standard InChI is InChI=1S/C18H30N2O/c1-11(2)15(20(5)6)10-19-14-9-13(4)17-12(3)7-8-16(21)18(14)17/h7-8,11,13-15,19,21H,9-10H2,1-6H3. The summed E-state index contributed by atoms with van der Waals surface area (Å²) in [7, 11) is 4.28. The fraction of sp³-hybridized carbons (Fsp3) is 0.667. The Labute approximate surface area is 129 Å². The molecule has 0 saturated carbocycles. The summed E-state index contributed by atoms with van der Waals surface area (Å²) >= 11 is 0. The topological polar surface area (TPSA) is 35.5 Å². The molecule has 0 saturated heterocycles. The molecule has 2 N–H and O–H groups in total. The average Bonchev–Trinajstić information content (AvgIpc) is 2.72. The Hall–Kier alpha value is -1.06. The van der Waals surface area contributed by atoms with Crippen LogP contribution < -0.4 is 5.32 Å². The highest BCUT2D eigenvalue weighted by Gasteiger charge is 2.32. The predicted octanol–water partition coefficient (Wildman–Crippen LogP) is 3.42. The predicted molar refractivity (Wildman–Crippen MR) is 88.9 cm³/mol. The third-order valence-corrected chi connectivity index (χ3v) is 4.92. The molecule has 0 radical (unpaired) electrons. The molecule has 3 heteroatoms. The van der Waals surface area contributed by atoms with Crippen molar-refractivity contribution in [3.8, 4) is 5.75 Å². The molecule has 0 aromatic heterocycles. The molecular weight excluding hydrogens is 260 g/mol. The van der Waals surface area contributed by atoms with Gasteiger partial charge in [-0.05, 0) is 56.5 Å². The molecule has 1 aromatic carbocycles. The molecule has 1 aromatic rings. The quantitative estimate of drug-likeness (QED) is 0.872. The molecule has 1 aliphatic rings. The Bertz CT molecular complexity index is 488. The van der Waals surface area contributed by atoms with Gasteiger partial charge in [-0.15, -0.1) is 0 Å². The summed E-state index contributed by atoms with van der Waals surface area (Å²) in [6.07, 6.45) is 1.08. The second kappa shape index (κ2) is 6.37. The molecule has 0 fully saturated rings. The average molecular weight is 290 g/mol. The molecule has 0 amide bonds. The molecule has 0 bridgehead atoms. The van der Waals surface area contributed by atoms with Crippen LogP contribution in [0.5, 0.6) is 5.75 Å². The number of hydrogen-bond donors (Lipinski definition) is 2. The summed E-state index contributed by atoms with van der Waals surface area (Å²) < 4.78 is 0. The third-order valence-electron chi connectivity index (χ3n) is 4.92. The fourth-order valence-electron chi connectivity index (χ4n) is 3.81. The lowest BCUT2D eigenvalue weighted by Crippen LogP contribution is -2.42. The number of fused-ring (bicyclic) bond motifs is 1. The van der Waals surface area contributed by atoms with Crippen LogP contribution in [0.15, 0.2) is 12.1 Å². The van der Waals surface area contributed by atoms with Gasteiger partial charge in [-0.25, -0.2) is 0 Å². The zero-order valence-corrected chi connectivity index (χ0v) is 14.3. The van der Waals surface area contributed by atoms with E-state index in [2.05, 4.69) is 52.0 Å². The minimum Gasteiger partial charge on any atom is -0.508 e. The van der Waals surface area contributed by atoms with Crippen LogP contribution in [0, 0.1) is 12.8 Å². The van der Waals surface area contributed by atoms with Gasteiger partial charge < -0.3 is 15.3 Å². The van der Waals surface area contributed by atoms with E-state index in [1.807, 2.05) is 12.1 Å². The van der Waals surface area contributed by atoms with E-state index < -0.39 is 0 Å². The Morgan fingerprint density at radius 1 is 1.29 bits per heavy atom. The molecule has 0 heterocycles. The highest BCUT2D eigenvalue weighted by Crippen LogP contribution is 2.45. The van der Waals surface area contributed by atoms with Gasteiger partial charge in [-0.2, -0.15) is 0 Å². The molecule has 21 heavy (non-hydrogen) atoms. The Kier molecular flexibility index (Phi) is 4.95. The molecule has 1 aliphatic carbocycles. The van der Waals surface area contributed by atoms with Crippen LogP contribution in [-0.2, 0) is 0 Å². The molecule has 0 aliphatic heterocycles. The first-order chi connectivity index (χ1) is 9.82. The van der Waals surface area contributed by atoms with Gasteiger partial charge in [0, 0.05) is 24.2 Å². The van der Waals surface area contributed by atoms with Crippen LogP contribution in [0.25, 0.3) is 0 Å². The number of likely N-dealkylation sites (N-methyl/N-ethyl adjacent to an activating group) is 1. The number of phenols is 1. The van der Waals surface area contributed by atoms with Gasteiger partial charge in [0.25, 0.3) is 0 Å². The maximum atomic E-state index is 10.3. The number of phenolic OH excluding ortho intramolecular Hbond substituents is 1. The lowest BCUT2D eigenvalue weighted by Gasteiger charge is -2.30. The van der Waals surface area contributed by atoms with E-state index in [9.17, 15) is 5.11 Å². The largest absolute Gasteiger partial charge is 0.508 e. The second-order valence-corrected chi connectivity index (χ2v) is 7.10. The monoisotopic (exact) mass is 290 g/mol. The first kappa shape index (κ1) is 16.3. The van der Waals surface area contributed by atoms with E-state index >= 15 is 0 Å². The van der Waals surface area contributed by atoms with E-state index in [1.165, 1.54) is 11.1 Å². The van der Waals surface area contributed by atoms with Gasteiger partial charge in [0.05, 0.1) is 0 Å². The van der Waals surface area contributed by atoms with E-state index in [4.69, 9.17) is 0 Å². The molecule has 0 spiro atoms. The number of hydrogen-bond acceptors (Lipinski definition) is 3. The summed E-state index contributed by atoms with van der Waals surface area (Å²) in [4.78, 5) is 2.28. The summed E-state index contributed by atoms with van der Waals surface area (Å²) in [6, 6.07) is 4.66. The smallest absolute Gasteiger partial charge is 0.120 e. The molecular formula is C18H30N2O. The molecule has 118 valence electrons. The Morgan fingerprint density at radius 3 is 2.52 bits per heavy atom. The zero-order valence-electron chi connectivity index (χ0n) is 14.3. The number of rotatable bonds is 5. The Balaban J connectivity index is 2.17. The maximum Gasteiger partial charge on any atom is 0.120 e. The molecule has 3 nitrogen and oxygen atoms in total. The Morgan fingerprint density at radius 2 is 1.95 bits per heavy atom. The van der Waals surface area contributed by atoms with Gasteiger partial charge >= 0.3 is 0 Å². The van der Waals surface area contributed by atoms with Crippen LogP contribution in [-0.4, -0.2) is 36.7 Å². The van der Waals surface area contributed by atoms with Crippen molar-refractivity contribution in [2.24, 2.45) is 5.92 Å². The first-order valence-corrected chi connectivity index (χ1v) is 8.05. The fourth-order valence-corrected chi connectivity index (χ4v) is 3.81. The van der Waals surface area contributed by atoms with Crippen molar-refractivity contribution in [1.82, 2.24) is 10.2 Å². The van der Waals surface area contributed by atoms with Gasteiger partial charge in [-0.3, -0.25) is 0 Å². The van der Waals surface area contributed by atoms with Gasteiger partial charge in [0.2, 0.25) is 0 Å². The number of nitrogens with zero attached hydrogens (tertiary/aromatic N) is 1. The zero-order chi connectivity index (χ0) is 15.7. The van der Waals surface area contributed by atoms with Gasteiger partial charge in [0.15, 0.2) is 0 Å². The van der Waals surface area contributed by atoms with E-state index in [1.54, 1.807) is 0 Å². The van der Waals surface area contributed by atoms with Crippen molar-refractivity contribution >= 4 is 0 Å². The lowest BCUT2D eigenvalue weighted by atomic mass is 9.97. The molecule has 3 unspecified atom stereocenters. The number of aromatic hydroxyl groups is 1. The van der Waals surface area contributed by atoms with E-state index in [0.717, 1.165) is 18.5 Å². The van der Waals surface area contributed by atoms with E-state index in [0.29, 0.717) is 23.6 Å². The van der Waals surface area contributed by atoms with Crippen LogP contribution in [0.2, 0.25) is 0 Å². The van der Waals surface area contributed by atoms with Crippen molar-refractivity contribution in [3.05, 3.63) is 28.8 Å². The summed E-state index contributed by atoms with van der Waals surface area (Å²) in [5.74, 6) is 1.57.